The monoisotopic (exact) mass is 370 g/mol. The van der Waals surface area contributed by atoms with Crippen molar-refractivity contribution in [1.82, 2.24) is 4.98 Å². The molecule has 0 saturated carbocycles. The zero-order valence-electron chi connectivity index (χ0n) is 14.0. The lowest BCUT2D eigenvalue weighted by molar-refractivity contribution is -0.113. The van der Waals surface area contributed by atoms with Crippen LogP contribution in [-0.4, -0.2) is 23.8 Å². The van der Waals surface area contributed by atoms with Crippen LogP contribution in [0.1, 0.15) is 5.56 Å². The predicted molar refractivity (Wildman–Crippen MR) is 105 cm³/mol. The fraction of sp³-hybridized carbons (Fsp3) is 0.158. The van der Waals surface area contributed by atoms with Crippen molar-refractivity contribution in [1.29, 1.82) is 0 Å². The largest absolute Gasteiger partial charge is 0.496 e. The number of rotatable bonds is 6. The quantitative estimate of drug-likeness (QED) is 0.630. The number of nitrogens with zero attached hydrogens (tertiary/aromatic N) is 1. The van der Waals surface area contributed by atoms with E-state index in [4.69, 9.17) is 4.74 Å². The molecule has 128 valence electrons. The molecular weight excluding hydrogens is 352 g/mol. The van der Waals surface area contributed by atoms with Crippen molar-refractivity contribution in [2.45, 2.75) is 11.8 Å². The minimum atomic E-state index is -0.0634. The maximum absolute atomic E-state index is 12.1. The van der Waals surface area contributed by atoms with Crippen molar-refractivity contribution >= 4 is 34.1 Å². The second kappa shape index (κ2) is 8.18. The maximum atomic E-state index is 12.1. The Morgan fingerprint density at radius 3 is 2.72 bits per heavy atom. The van der Waals surface area contributed by atoms with Crippen LogP contribution >= 0.6 is 23.1 Å². The minimum absolute atomic E-state index is 0.0634. The summed E-state index contributed by atoms with van der Waals surface area (Å²) in [6, 6.07) is 15.8. The first-order valence-corrected chi connectivity index (χ1v) is 9.60. The van der Waals surface area contributed by atoms with Crippen LogP contribution in [0.4, 0.5) is 5.13 Å². The molecule has 0 aliphatic rings. The van der Waals surface area contributed by atoms with Crippen LogP contribution in [0.15, 0.2) is 58.8 Å². The van der Waals surface area contributed by atoms with Crippen molar-refractivity contribution in [2.24, 2.45) is 0 Å². The van der Waals surface area contributed by atoms with E-state index in [1.807, 2.05) is 60.8 Å². The molecule has 0 bridgehead atoms. The number of hydrogen-bond acceptors (Lipinski definition) is 5. The lowest BCUT2D eigenvalue weighted by Gasteiger charge is -2.05. The number of hydrogen-bond donors (Lipinski definition) is 1. The van der Waals surface area contributed by atoms with Crippen molar-refractivity contribution in [3.8, 4) is 17.0 Å². The molecular formula is C19H18N2O2S2. The van der Waals surface area contributed by atoms with E-state index in [2.05, 4.69) is 10.3 Å². The van der Waals surface area contributed by atoms with E-state index in [0.29, 0.717) is 10.9 Å². The standard InChI is InChI=1S/C19H18N2O2S2/c1-13-7-9-14(10-8-13)24-12-18(22)21-19-20-16(11-25-19)15-5-3-4-6-17(15)23-2/h3-11H,12H2,1-2H3,(H,20,21,22). The normalized spacial score (nSPS) is 10.5. The van der Waals surface area contributed by atoms with Gasteiger partial charge in [0.05, 0.1) is 18.6 Å². The van der Waals surface area contributed by atoms with Crippen LogP contribution < -0.4 is 10.1 Å². The van der Waals surface area contributed by atoms with Crippen molar-refractivity contribution in [2.75, 3.05) is 18.2 Å². The highest BCUT2D eigenvalue weighted by Crippen LogP contribution is 2.32. The Morgan fingerprint density at radius 1 is 1.20 bits per heavy atom. The Balaban J connectivity index is 1.61. The van der Waals surface area contributed by atoms with Crippen molar-refractivity contribution in [3.63, 3.8) is 0 Å². The van der Waals surface area contributed by atoms with Crippen LogP contribution in [-0.2, 0) is 4.79 Å². The summed E-state index contributed by atoms with van der Waals surface area (Å²) in [5.41, 5.74) is 2.92. The SMILES string of the molecule is COc1ccccc1-c1csc(NC(=O)CSc2ccc(C)cc2)n1. The Hall–Kier alpha value is -2.31. The summed E-state index contributed by atoms with van der Waals surface area (Å²) in [6.45, 7) is 2.04. The van der Waals surface area contributed by atoms with Crippen molar-refractivity contribution in [3.05, 3.63) is 59.5 Å². The van der Waals surface area contributed by atoms with Gasteiger partial charge in [-0.25, -0.2) is 4.98 Å². The number of nitrogens with one attached hydrogen (secondary N) is 1. The number of thiazole rings is 1. The number of amides is 1. The summed E-state index contributed by atoms with van der Waals surface area (Å²) >= 11 is 2.92. The number of carbonyl (C=O) groups excluding carboxylic acids is 1. The molecule has 1 aromatic heterocycles. The summed E-state index contributed by atoms with van der Waals surface area (Å²) in [5, 5.41) is 5.37. The highest BCUT2D eigenvalue weighted by molar-refractivity contribution is 8.00. The second-order valence-corrected chi connectivity index (χ2v) is 7.29. The Bertz CT molecular complexity index is 860. The van der Waals surface area contributed by atoms with Gasteiger partial charge in [0.25, 0.3) is 0 Å². The molecule has 0 unspecified atom stereocenters. The summed E-state index contributed by atoms with van der Waals surface area (Å²) < 4.78 is 5.36. The minimum Gasteiger partial charge on any atom is -0.496 e. The van der Waals surface area contributed by atoms with Gasteiger partial charge in [0, 0.05) is 15.8 Å². The lowest BCUT2D eigenvalue weighted by Crippen LogP contribution is -2.13. The zero-order valence-corrected chi connectivity index (χ0v) is 15.6. The third-order valence-electron chi connectivity index (χ3n) is 3.52. The average Bonchev–Trinajstić information content (AvgIpc) is 3.09. The highest BCUT2D eigenvalue weighted by Gasteiger charge is 2.11. The molecule has 0 saturated heterocycles. The predicted octanol–water partition coefficient (Wildman–Crippen LogP) is 4.86. The summed E-state index contributed by atoms with van der Waals surface area (Å²) in [6.07, 6.45) is 0. The van der Waals surface area contributed by atoms with Gasteiger partial charge in [-0.2, -0.15) is 0 Å². The first-order chi connectivity index (χ1) is 12.2. The highest BCUT2D eigenvalue weighted by atomic mass is 32.2. The molecule has 0 radical (unpaired) electrons. The molecule has 2 aromatic carbocycles. The van der Waals surface area contributed by atoms with Gasteiger partial charge >= 0.3 is 0 Å². The first-order valence-electron chi connectivity index (χ1n) is 7.74. The van der Waals surface area contributed by atoms with Gasteiger partial charge in [-0.1, -0.05) is 29.8 Å². The molecule has 1 amide bonds. The molecule has 0 spiro atoms. The van der Waals surface area contributed by atoms with E-state index >= 15 is 0 Å². The fourth-order valence-electron chi connectivity index (χ4n) is 2.25. The number of benzene rings is 2. The molecule has 4 nitrogen and oxygen atoms in total. The Labute approximate surface area is 155 Å². The number of ether oxygens (including phenoxy) is 1. The van der Waals surface area contributed by atoms with E-state index < -0.39 is 0 Å². The van der Waals surface area contributed by atoms with Gasteiger partial charge in [0.15, 0.2) is 5.13 Å². The van der Waals surface area contributed by atoms with Gasteiger partial charge in [-0.05, 0) is 31.2 Å². The van der Waals surface area contributed by atoms with Gasteiger partial charge < -0.3 is 10.1 Å². The molecule has 25 heavy (non-hydrogen) atoms. The zero-order chi connectivity index (χ0) is 17.6. The number of para-hydroxylation sites is 1. The van der Waals surface area contributed by atoms with Crippen LogP contribution in [0.2, 0.25) is 0 Å². The molecule has 0 atom stereocenters. The maximum Gasteiger partial charge on any atom is 0.236 e. The number of aromatic nitrogens is 1. The Morgan fingerprint density at radius 2 is 1.96 bits per heavy atom. The number of anilines is 1. The molecule has 0 fully saturated rings. The molecule has 0 aliphatic heterocycles. The van der Waals surface area contributed by atoms with Crippen LogP contribution in [0.25, 0.3) is 11.3 Å². The van der Waals surface area contributed by atoms with E-state index in [9.17, 15) is 4.79 Å². The fourth-order valence-corrected chi connectivity index (χ4v) is 3.68. The summed E-state index contributed by atoms with van der Waals surface area (Å²) in [4.78, 5) is 17.7. The average molecular weight is 370 g/mol. The molecule has 3 aromatic rings. The molecule has 6 heteroatoms. The number of thioether (sulfide) groups is 1. The molecule has 3 rings (SSSR count). The second-order valence-electron chi connectivity index (χ2n) is 5.39. The third-order valence-corrected chi connectivity index (χ3v) is 5.29. The topological polar surface area (TPSA) is 51.2 Å². The lowest BCUT2D eigenvalue weighted by atomic mass is 10.1. The van der Waals surface area contributed by atoms with Gasteiger partial charge in [0.2, 0.25) is 5.91 Å². The van der Waals surface area contributed by atoms with Crippen LogP contribution in [0.3, 0.4) is 0 Å². The molecule has 1 heterocycles. The van der Waals surface area contributed by atoms with Gasteiger partial charge in [0.1, 0.15) is 5.75 Å². The summed E-state index contributed by atoms with van der Waals surface area (Å²) in [5.74, 6) is 1.05. The van der Waals surface area contributed by atoms with E-state index in [0.717, 1.165) is 21.9 Å². The molecule has 1 N–H and O–H groups in total. The first kappa shape index (κ1) is 17.5. The van der Waals surface area contributed by atoms with Gasteiger partial charge in [-0.15, -0.1) is 23.1 Å². The molecule has 0 aliphatic carbocycles. The number of carbonyl (C=O) groups is 1. The summed E-state index contributed by atoms with van der Waals surface area (Å²) in [7, 11) is 1.64. The van der Waals surface area contributed by atoms with Crippen LogP contribution in [0, 0.1) is 6.92 Å². The van der Waals surface area contributed by atoms with E-state index in [-0.39, 0.29) is 5.91 Å². The van der Waals surface area contributed by atoms with Gasteiger partial charge in [-0.3, -0.25) is 4.79 Å². The van der Waals surface area contributed by atoms with E-state index in [1.165, 1.54) is 28.7 Å². The Kier molecular flexibility index (Phi) is 5.73. The third kappa shape index (κ3) is 4.61. The van der Waals surface area contributed by atoms with Crippen molar-refractivity contribution < 1.29 is 9.53 Å². The number of methoxy groups -OCH3 is 1. The number of aryl methyl sites for hydroxylation is 1. The smallest absolute Gasteiger partial charge is 0.236 e. The van der Waals surface area contributed by atoms with Crippen LogP contribution in [0.5, 0.6) is 5.75 Å². The van der Waals surface area contributed by atoms with E-state index in [1.54, 1.807) is 7.11 Å².